The van der Waals surface area contributed by atoms with E-state index in [0.29, 0.717) is 17.0 Å². The van der Waals surface area contributed by atoms with Crippen LogP contribution in [0.4, 0.5) is 5.82 Å². The summed E-state index contributed by atoms with van der Waals surface area (Å²) in [6, 6.07) is 7.95. The van der Waals surface area contributed by atoms with Gasteiger partial charge in [-0.3, -0.25) is 4.99 Å². The van der Waals surface area contributed by atoms with Crippen molar-refractivity contribution in [3.63, 3.8) is 0 Å². The van der Waals surface area contributed by atoms with Gasteiger partial charge in [0.2, 0.25) is 0 Å². The molecule has 2 unspecified atom stereocenters. The summed E-state index contributed by atoms with van der Waals surface area (Å²) in [6.45, 7) is 4.96. The molecule has 0 amide bonds. The standard InChI is InChI=1S/C21H28ClN5O2/c22-19-4-1-8-23-20(19)27-10-6-17(14-27)26-21(25-13-16-7-12-28-15-16)24-9-5-18-3-2-11-29-18/h1-4,8,11,16-17H,5-7,9-10,12-15H2,(H2,24,25,26). The second-order valence-corrected chi connectivity index (χ2v) is 7.97. The minimum Gasteiger partial charge on any atom is -0.469 e. The lowest BCUT2D eigenvalue weighted by atomic mass is 10.1. The highest BCUT2D eigenvalue weighted by Crippen LogP contribution is 2.25. The predicted molar refractivity (Wildman–Crippen MR) is 115 cm³/mol. The maximum Gasteiger partial charge on any atom is 0.191 e. The minimum atomic E-state index is 0.294. The monoisotopic (exact) mass is 417 g/mol. The Balaban J connectivity index is 1.33. The maximum atomic E-state index is 6.32. The Hall–Kier alpha value is -2.25. The number of hydrogen-bond donors (Lipinski definition) is 2. The molecule has 156 valence electrons. The van der Waals surface area contributed by atoms with Crippen molar-refractivity contribution in [3.8, 4) is 0 Å². The molecule has 2 atom stereocenters. The van der Waals surface area contributed by atoms with Gasteiger partial charge in [0.25, 0.3) is 0 Å². The smallest absolute Gasteiger partial charge is 0.191 e. The Morgan fingerprint density at radius 1 is 1.31 bits per heavy atom. The first-order valence-electron chi connectivity index (χ1n) is 10.3. The van der Waals surface area contributed by atoms with Crippen LogP contribution in [0.3, 0.4) is 0 Å². The molecular weight excluding hydrogens is 390 g/mol. The summed E-state index contributed by atoms with van der Waals surface area (Å²) in [5.74, 6) is 3.18. The van der Waals surface area contributed by atoms with E-state index in [4.69, 9.17) is 25.7 Å². The summed E-state index contributed by atoms with van der Waals surface area (Å²) >= 11 is 6.32. The fraction of sp³-hybridized carbons (Fsp3) is 0.524. The highest BCUT2D eigenvalue weighted by Gasteiger charge is 2.25. The molecule has 2 saturated heterocycles. The fourth-order valence-corrected chi connectivity index (χ4v) is 3.97. The van der Waals surface area contributed by atoms with Crippen molar-refractivity contribution in [1.29, 1.82) is 0 Å². The summed E-state index contributed by atoms with van der Waals surface area (Å²) < 4.78 is 10.9. The van der Waals surface area contributed by atoms with Crippen LogP contribution in [-0.4, -0.2) is 56.4 Å². The molecule has 7 nitrogen and oxygen atoms in total. The molecule has 0 saturated carbocycles. The first kappa shape index (κ1) is 20.0. The molecule has 8 heteroatoms. The zero-order valence-electron chi connectivity index (χ0n) is 16.5. The number of anilines is 1. The first-order chi connectivity index (χ1) is 14.3. The number of pyridine rings is 1. The normalized spacial score (nSPS) is 22.2. The van der Waals surface area contributed by atoms with Crippen molar-refractivity contribution in [2.45, 2.75) is 25.3 Å². The van der Waals surface area contributed by atoms with Gasteiger partial charge >= 0.3 is 0 Å². The average Bonchev–Trinajstić information content (AvgIpc) is 3.49. The molecule has 4 heterocycles. The number of halogens is 1. The Morgan fingerprint density at radius 3 is 3.07 bits per heavy atom. The zero-order chi connectivity index (χ0) is 19.9. The second kappa shape index (κ2) is 9.98. The van der Waals surface area contributed by atoms with Gasteiger partial charge in [0.1, 0.15) is 11.6 Å². The van der Waals surface area contributed by atoms with Crippen LogP contribution in [0.1, 0.15) is 18.6 Å². The lowest BCUT2D eigenvalue weighted by Crippen LogP contribution is -2.45. The van der Waals surface area contributed by atoms with Crippen LogP contribution in [0.15, 0.2) is 46.1 Å². The topological polar surface area (TPSA) is 74.9 Å². The fourth-order valence-electron chi connectivity index (χ4n) is 3.73. The van der Waals surface area contributed by atoms with Crippen LogP contribution in [0.2, 0.25) is 5.02 Å². The number of aliphatic imine (C=N–C) groups is 1. The number of guanidine groups is 1. The Labute approximate surface area is 176 Å². The summed E-state index contributed by atoms with van der Waals surface area (Å²) in [7, 11) is 0. The first-order valence-corrected chi connectivity index (χ1v) is 10.7. The molecule has 0 bridgehead atoms. The molecule has 29 heavy (non-hydrogen) atoms. The van der Waals surface area contributed by atoms with E-state index in [0.717, 1.165) is 76.2 Å². The average molecular weight is 418 g/mol. The van der Waals surface area contributed by atoms with Crippen molar-refractivity contribution >= 4 is 23.4 Å². The van der Waals surface area contributed by atoms with E-state index in [1.165, 1.54) is 0 Å². The van der Waals surface area contributed by atoms with Gasteiger partial charge in [-0.15, -0.1) is 0 Å². The minimum absolute atomic E-state index is 0.294. The van der Waals surface area contributed by atoms with Crippen LogP contribution in [0.25, 0.3) is 0 Å². The van der Waals surface area contributed by atoms with Gasteiger partial charge in [-0.1, -0.05) is 11.6 Å². The molecule has 2 N–H and O–H groups in total. The molecule has 2 aromatic rings. The molecule has 0 radical (unpaired) electrons. The van der Waals surface area contributed by atoms with Crippen LogP contribution >= 0.6 is 11.6 Å². The van der Waals surface area contributed by atoms with Crippen LogP contribution in [0, 0.1) is 5.92 Å². The van der Waals surface area contributed by atoms with Gasteiger partial charge in [-0.05, 0) is 37.1 Å². The number of nitrogens with one attached hydrogen (secondary N) is 2. The van der Waals surface area contributed by atoms with Gasteiger partial charge in [0, 0.05) is 57.4 Å². The van der Waals surface area contributed by atoms with Crippen LogP contribution in [-0.2, 0) is 11.2 Å². The van der Waals surface area contributed by atoms with Crippen molar-refractivity contribution in [1.82, 2.24) is 15.6 Å². The number of furan rings is 1. The van der Waals surface area contributed by atoms with Crippen LogP contribution in [0.5, 0.6) is 0 Å². The Bertz CT molecular complexity index is 792. The third kappa shape index (κ3) is 5.64. The second-order valence-electron chi connectivity index (χ2n) is 7.56. The van der Waals surface area contributed by atoms with E-state index in [9.17, 15) is 0 Å². The highest BCUT2D eigenvalue weighted by atomic mass is 35.5. The summed E-state index contributed by atoms with van der Waals surface area (Å²) in [6.07, 6.45) is 6.41. The lowest BCUT2D eigenvalue weighted by molar-refractivity contribution is 0.187. The van der Waals surface area contributed by atoms with Crippen LogP contribution < -0.4 is 15.5 Å². The Kier molecular flexibility index (Phi) is 6.90. The third-order valence-electron chi connectivity index (χ3n) is 5.34. The van der Waals surface area contributed by atoms with Gasteiger partial charge in [0.15, 0.2) is 5.96 Å². The molecule has 2 aromatic heterocycles. The molecule has 2 aliphatic rings. The van der Waals surface area contributed by atoms with E-state index in [-0.39, 0.29) is 0 Å². The quantitative estimate of drug-likeness (QED) is 0.533. The SMILES string of the molecule is Clc1cccnc1N1CCC(NC(=NCC2CCOC2)NCCc2ccco2)C1. The number of ether oxygens (including phenoxy) is 1. The largest absolute Gasteiger partial charge is 0.469 e. The molecule has 0 spiro atoms. The summed E-state index contributed by atoms with van der Waals surface area (Å²) in [4.78, 5) is 11.5. The molecule has 0 aromatic carbocycles. The predicted octanol–water partition coefficient (Wildman–Crippen LogP) is 2.72. The van der Waals surface area contributed by atoms with Crippen molar-refractivity contribution < 1.29 is 9.15 Å². The molecule has 4 rings (SSSR count). The summed E-state index contributed by atoms with van der Waals surface area (Å²) in [5.41, 5.74) is 0. The van der Waals surface area contributed by atoms with E-state index < -0.39 is 0 Å². The number of aromatic nitrogens is 1. The van der Waals surface area contributed by atoms with E-state index >= 15 is 0 Å². The lowest BCUT2D eigenvalue weighted by Gasteiger charge is -2.20. The van der Waals surface area contributed by atoms with Crippen molar-refractivity contribution in [2.24, 2.45) is 10.9 Å². The van der Waals surface area contributed by atoms with Gasteiger partial charge in [-0.25, -0.2) is 4.98 Å². The number of rotatable bonds is 7. The maximum absolute atomic E-state index is 6.32. The van der Waals surface area contributed by atoms with Gasteiger partial charge in [0.05, 0.1) is 17.9 Å². The zero-order valence-corrected chi connectivity index (χ0v) is 17.3. The van der Waals surface area contributed by atoms with E-state index in [1.54, 1.807) is 12.5 Å². The van der Waals surface area contributed by atoms with Crippen molar-refractivity contribution in [2.75, 3.05) is 44.3 Å². The molecular formula is C21H28ClN5O2. The number of nitrogens with zero attached hydrogens (tertiary/aromatic N) is 3. The third-order valence-corrected chi connectivity index (χ3v) is 5.64. The van der Waals surface area contributed by atoms with E-state index in [2.05, 4.69) is 20.5 Å². The van der Waals surface area contributed by atoms with Crippen molar-refractivity contribution in [3.05, 3.63) is 47.5 Å². The molecule has 2 fully saturated rings. The van der Waals surface area contributed by atoms with Gasteiger partial charge < -0.3 is 24.7 Å². The molecule has 0 aliphatic carbocycles. The Morgan fingerprint density at radius 2 is 2.28 bits per heavy atom. The number of hydrogen-bond acceptors (Lipinski definition) is 5. The van der Waals surface area contributed by atoms with Gasteiger partial charge in [-0.2, -0.15) is 0 Å². The summed E-state index contributed by atoms with van der Waals surface area (Å²) in [5, 5.41) is 7.74. The molecule has 2 aliphatic heterocycles. The highest BCUT2D eigenvalue weighted by molar-refractivity contribution is 6.32. The van der Waals surface area contributed by atoms with E-state index in [1.807, 2.05) is 24.3 Å².